The minimum absolute atomic E-state index is 0.0230. The maximum Gasteiger partial charge on any atom is 0.344 e. The number of carbonyl (C=O) groups excluding carboxylic acids is 1. The van der Waals surface area contributed by atoms with E-state index in [2.05, 4.69) is 15.5 Å². The molecule has 1 atom stereocenters. The average molecular weight is 383 g/mol. The SMILES string of the molecule is Cc1ccc(NC(=O)CSc2n[nH]c(=O)n2CC2CCCO2)c(Cl)c1. The van der Waals surface area contributed by atoms with Crippen molar-refractivity contribution in [3.05, 3.63) is 39.3 Å². The number of nitrogens with one attached hydrogen (secondary N) is 2. The minimum atomic E-state index is -0.292. The van der Waals surface area contributed by atoms with Crippen LogP contribution in [-0.2, 0) is 16.1 Å². The van der Waals surface area contributed by atoms with Crippen LogP contribution >= 0.6 is 23.4 Å². The number of carbonyl (C=O) groups is 1. The Labute approximate surface area is 154 Å². The summed E-state index contributed by atoms with van der Waals surface area (Å²) >= 11 is 7.31. The first kappa shape index (κ1) is 18.0. The molecule has 1 aliphatic heterocycles. The van der Waals surface area contributed by atoms with Crippen LogP contribution in [0.25, 0.3) is 0 Å². The van der Waals surface area contributed by atoms with Crippen molar-refractivity contribution in [2.45, 2.75) is 37.6 Å². The van der Waals surface area contributed by atoms with Crippen LogP contribution < -0.4 is 11.0 Å². The van der Waals surface area contributed by atoms with E-state index in [1.54, 1.807) is 12.1 Å². The first-order valence-corrected chi connectivity index (χ1v) is 9.35. The second-order valence-corrected chi connectivity index (χ2v) is 7.23. The van der Waals surface area contributed by atoms with Gasteiger partial charge < -0.3 is 10.1 Å². The highest BCUT2D eigenvalue weighted by Gasteiger charge is 2.20. The smallest absolute Gasteiger partial charge is 0.344 e. The predicted molar refractivity (Wildman–Crippen MR) is 97.4 cm³/mol. The number of benzene rings is 1. The van der Waals surface area contributed by atoms with Gasteiger partial charge in [0.25, 0.3) is 0 Å². The molecule has 1 aliphatic rings. The number of thioether (sulfide) groups is 1. The third-order valence-electron chi connectivity index (χ3n) is 3.86. The zero-order valence-corrected chi connectivity index (χ0v) is 15.3. The van der Waals surface area contributed by atoms with Gasteiger partial charge in [0, 0.05) is 6.61 Å². The molecule has 2 aromatic rings. The quantitative estimate of drug-likeness (QED) is 0.749. The molecule has 1 unspecified atom stereocenters. The summed E-state index contributed by atoms with van der Waals surface area (Å²) in [6.07, 6.45) is 1.95. The molecule has 7 nitrogen and oxygen atoms in total. The number of halogens is 1. The molecule has 9 heteroatoms. The molecular formula is C16H19ClN4O3S. The van der Waals surface area contributed by atoms with Gasteiger partial charge >= 0.3 is 5.69 Å². The van der Waals surface area contributed by atoms with Gasteiger partial charge in [-0.15, -0.1) is 5.10 Å². The van der Waals surface area contributed by atoms with Crippen molar-refractivity contribution in [2.24, 2.45) is 0 Å². The van der Waals surface area contributed by atoms with Gasteiger partial charge in [0.05, 0.1) is 29.1 Å². The summed E-state index contributed by atoms with van der Waals surface area (Å²) in [4.78, 5) is 24.0. The number of aromatic amines is 1. The molecule has 1 amide bonds. The van der Waals surface area contributed by atoms with Crippen molar-refractivity contribution in [1.29, 1.82) is 0 Å². The molecule has 25 heavy (non-hydrogen) atoms. The standard InChI is InChI=1S/C16H19ClN4O3S/c1-10-4-5-13(12(17)7-10)18-14(22)9-25-16-20-19-15(23)21(16)8-11-3-2-6-24-11/h4-5,7,11H,2-3,6,8-9H2,1H3,(H,18,22)(H,19,23). The molecule has 0 aliphatic carbocycles. The van der Waals surface area contributed by atoms with Gasteiger partial charge in [0.2, 0.25) is 5.91 Å². The van der Waals surface area contributed by atoms with Crippen LogP contribution in [0, 0.1) is 6.92 Å². The molecule has 1 aromatic heterocycles. The summed E-state index contributed by atoms with van der Waals surface area (Å²) in [6.45, 7) is 3.10. The Morgan fingerprint density at radius 2 is 2.40 bits per heavy atom. The van der Waals surface area contributed by atoms with E-state index < -0.39 is 0 Å². The summed E-state index contributed by atoms with van der Waals surface area (Å²) in [6, 6.07) is 5.43. The number of amides is 1. The zero-order valence-electron chi connectivity index (χ0n) is 13.8. The van der Waals surface area contributed by atoms with E-state index in [1.807, 2.05) is 13.0 Å². The Balaban J connectivity index is 1.59. The summed E-state index contributed by atoms with van der Waals surface area (Å²) in [7, 11) is 0. The number of hydrogen-bond donors (Lipinski definition) is 2. The van der Waals surface area contributed by atoms with E-state index >= 15 is 0 Å². The number of rotatable bonds is 6. The van der Waals surface area contributed by atoms with Crippen molar-refractivity contribution < 1.29 is 9.53 Å². The van der Waals surface area contributed by atoms with Crippen molar-refractivity contribution in [3.63, 3.8) is 0 Å². The molecule has 0 spiro atoms. The van der Waals surface area contributed by atoms with E-state index in [1.165, 1.54) is 16.3 Å². The fourth-order valence-corrected chi connectivity index (χ4v) is 3.64. The van der Waals surface area contributed by atoms with E-state index in [0.29, 0.717) is 22.4 Å². The van der Waals surface area contributed by atoms with Gasteiger partial charge in [-0.25, -0.2) is 9.89 Å². The van der Waals surface area contributed by atoms with Crippen LogP contribution in [0.3, 0.4) is 0 Å². The lowest BCUT2D eigenvalue weighted by molar-refractivity contribution is -0.113. The highest BCUT2D eigenvalue weighted by Crippen LogP contribution is 2.23. The summed E-state index contributed by atoms with van der Waals surface area (Å²) in [5.74, 6) is -0.0881. The highest BCUT2D eigenvalue weighted by atomic mass is 35.5. The van der Waals surface area contributed by atoms with E-state index in [-0.39, 0.29) is 23.5 Å². The fraction of sp³-hybridized carbons (Fsp3) is 0.438. The third-order valence-corrected chi connectivity index (χ3v) is 5.15. The Morgan fingerprint density at radius 3 is 3.12 bits per heavy atom. The molecule has 2 N–H and O–H groups in total. The van der Waals surface area contributed by atoms with E-state index in [4.69, 9.17) is 16.3 Å². The number of ether oxygens (including phenoxy) is 1. The van der Waals surface area contributed by atoms with Crippen LogP contribution in [0.1, 0.15) is 18.4 Å². The lowest BCUT2D eigenvalue weighted by Gasteiger charge is -2.11. The number of aryl methyl sites for hydroxylation is 1. The number of anilines is 1. The lowest BCUT2D eigenvalue weighted by Crippen LogP contribution is -2.25. The first-order valence-electron chi connectivity index (χ1n) is 7.98. The van der Waals surface area contributed by atoms with Crippen LogP contribution in [0.4, 0.5) is 5.69 Å². The molecule has 3 rings (SSSR count). The Bertz CT molecular complexity index is 814. The van der Waals surface area contributed by atoms with Gasteiger partial charge in [-0.1, -0.05) is 29.4 Å². The second-order valence-electron chi connectivity index (χ2n) is 5.88. The van der Waals surface area contributed by atoms with Crippen molar-refractivity contribution >= 4 is 35.0 Å². The first-order chi connectivity index (χ1) is 12.0. The summed E-state index contributed by atoms with van der Waals surface area (Å²) in [5.41, 5.74) is 1.30. The van der Waals surface area contributed by atoms with Gasteiger partial charge in [-0.3, -0.25) is 9.36 Å². The van der Waals surface area contributed by atoms with Crippen LogP contribution in [0.5, 0.6) is 0 Å². The summed E-state index contributed by atoms with van der Waals surface area (Å²) in [5, 5.41) is 10.2. The minimum Gasteiger partial charge on any atom is -0.376 e. The number of nitrogens with zero attached hydrogens (tertiary/aromatic N) is 2. The molecule has 1 saturated heterocycles. The second kappa shape index (κ2) is 8.07. The predicted octanol–water partition coefficient (Wildman–Crippen LogP) is 2.44. The number of hydrogen-bond acceptors (Lipinski definition) is 5. The fourth-order valence-electron chi connectivity index (χ4n) is 2.60. The largest absolute Gasteiger partial charge is 0.376 e. The molecule has 0 radical (unpaired) electrons. The maximum absolute atomic E-state index is 12.1. The third kappa shape index (κ3) is 4.65. The van der Waals surface area contributed by atoms with E-state index in [0.717, 1.165) is 25.0 Å². The molecular weight excluding hydrogens is 364 g/mol. The summed E-state index contributed by atoms with van der Waals surface area (Å²) < 4.78 is 7.08. The molecule has 2 heterocycles. The monoisotopic (exact) mass is 382 g/mol. The zero-order chi connectivity index (χ0) is 17.8. The average Bonchev–Trinajstić information content (AvgIpc) is 3.20. The molecule has 0 saturated carbocycles. The molecule has 1 aromatic carbocycles. The van der Waals surface area contributed by atoms with Gasteiger partial charge in [0.15, 0.2) is 5.16 Å². The van der Waals surface area contributed by atoms with Crippen LogP contribution in [0.2, 0.25) is 5.02 Å². The Morgan fingerprint density at radius 1 is 1.56 bits per heavy atom. The Hall–Kier alpha value is -1.77. The highest BCUT2D eigenvalue weighted by molar-refractivity contribution is 7.99. The van der Waals surface area contributed by atoms with Gasteiger partial charge in [-0.05, 0) is 37.5 Å². The van der Waals surface area contributed by atoms with Crippen molar-refractivity contribution in [1.82, 2.24) is 14.8 Å². The molecule has 1 fully saturated rings. The van der Waals surface area contributed by atoms with Gasteiger partial charge in [0.1, 0.15) is 0 Å². The number of H-pyrrole nitrogens is 1. The Kier molecular flexibility index (Phi) is 5.82. The topological polar surface area (TPSA) is 89.0 Å². The van der Waals surface area contributed by atoms with Gasteiger partial charge in [-0.2, -0.15) is 0 Å². The van der Waals surface area contributed by atoms with Crippen LogP contribution in [0.15, 0.2) is 28.2 Å². The van der Waals surface area contributed by atoms with Crippen LogP contribution in [-0.4, -0.2) is 39.1 Å². The lowest BCUT2D eigenvalue weighted by atomic mass is 10.2. The molecule has 0 bridgehead atoms. The van der Waals surface area contributed by atoms with Crippen molar-refractivity contribution in [2.75, 3.05) is 17.7 Å². The van der Waals surface area contributed by atoms with E-state index in [9.17, 15) is 9.59 Å². The molecule has 134 valence electrons. The number of aromatic nitrogens is 3. The maximum atomic E-state index is 12.1. The van der Waals surface area contributed by atoms with Crippen molar-refractivity contribution in [3.8, 4) is 0 Å². The normalized spacial score (nSPS) is 17.0.